The minimum absolute atomic E-state index is 0.0286. The zero-order valence-corrected chi connectivity index (χ0v) is 19.1. The van der Waals surface area contributed by atoms with Gasteiger partial charge in [-0.2, -0.15) is 0 Å². The molecule has 0 spiro atoms. The SMILES string of the molecule is C=C=C(CCCC)CC1(Cc2cccc3ccccc23)C(=O)N(c2ccccc2)NC1C. The lowest BCUT2D eigenvalue weighted by Gasteiger charge is -2.31. The lowest BCUT2D eigenvalue weighted by Crippen LogP contribution is -2.40. The van der Waals surface area contributed by atoms with E-state index in [-0.39, 0.29) is 11.9 Å². The summed E-state index contributed by atoms with van der Waals surface area (Å²) in [5, 5.41) is 4.16. The van der Waals surface area contributed by atoms with Gasteiger partial charge in [-0.3, -0.25) is 4.79 Å². The zero-order chi connectivity index (χ0) is 22.6. The number of rotatable bonds is 8. The molecule has 1 heterocycles. The number of nitrogens with zero attached hydrogens (tertiary/aromatic N) is 1. The molecule has 1 N–H and O–H groups in total. The predicted octanol–water partition coefficient (Wildman–Crippen LogP) is 6.60. The van der Waals surface area contributed by atoms with Crippen LogP contribution >= 0.6 is 0 Å². The van der Waals surface area contributed by atoms with Crippen LogP contribution in [0.3, 0.4) is 0 Å². The summed E-state index contributed by atoms with van der Waals surface area (Å²) in [6, 6.07) is 24.7. The van der Waals surface area contributed by atoms with Crippen LogP contribution in [0.25, 0.3) is 10.8 Å². The van der Waals surface area contributed by atoms with E-state index in [1.807, 2.05) is 30.3 Å². The van der Waals surface area contributed by atoms with Crippen LogP contribution in [0.2, 0.25) is 0 Å². The Morgan fingerprint density at radius 2 is 1.78 bits per heavy atom. The molecule has 0 bridgehead atoms. The van der Waals surface area contributed by atoms with Crippen LogP contribution in [-0.2, 0) is 11.2 Å². The van der Waals surface area contributed by atoms with Crippen molar-refractivity contribution in [3.8, 4) is 0 Å². The van der Waals surface area contributed by atoms with Crippen molar-refractivity contribution in [2.75, 3.05) is 5.01 Å². The first-order valence-electron chi connectivity index (χ1n) is 11.6. The predicted molar refractivity (Wildman–Crippen MR) is 133 cm³/mol. The number of nitrogens with one attached hydrogen (secondary N) is 1. The Bertz CT molecular complexity index is 1140. The maximum absolute atomic E-state index is 14.1. The molecule has 3 aromatic carbocycles. The molecular formula is C29H32N2O. The van der Waals surface area contributed by atoms with Crippen LogP contribution < -0.4 is 10.4 Å². The van der Waals surface area contributed by atoms with Gasteiger partial charge in [0.25, 0.3) is 0 Å². The maximum Gasteiger partial charge on any atom is 0.249 e. The van der Waals surface area contributed by atoms with Crippen molar-refractivity contribution in [1.29, 1.82) is 0 Å². The number of para-hydroxylation sites is 1. The Morgan fingerprint density at radius 3 is 2.53 bits per heavy atom. The standard InChI is InChI=1S/C29H32N2O/c1-4-6-13-23(5-2)20-29(21-25-16-12-15-24-14-10-11-19-27(24)25)22(3)30-31(28(29)32)26-17-8-7-9-18-26/h7-12,14-19,22,30H,2,4,6,13,20-21H2,1,3H3. The van der Waals surface area contributed by atoms with Gasteiger partial charge in [-0.1, -0.05) is 80.6 Å². The summed E-state index contributed by atoms with van der Waals surface area (Å²) in [6.07, 6.45) is 4.46. The first-order chi connectivity index (χ1) is 15.6. The number of hydrazine groups is 1. The highest BCUT2D eigenvalue weighted by Crippen LogP contribution is 2.43. The summed E-state index contributed by atoms with van der Waals surface area (Å²) >= 11 is 0. The van der Waals surface area contributed by atoms with Crippen molar-refractivity contribution in [3.63, 3.8) is 0 Å². The van der Waals surface area contributed by atoms with E-state index in [0.29, 0.717) is 12.8 Å². The highest BCUT2D eigenvalue weighted by molar-refractivity contribution is 6.00. The molecule has 1 fully saturated rings. The molecule has 1 amide bonds. The van der Waals surface area contributed by atoms with Gasteiger partial charge >= 0.3 is 0 Å². The van der Waals surface area contributed by atoms with Gasteiger partial charge in [0.05, 0.1) is 11.1 Å². The van der Waals surface area contributed by atoms with Crippen LogP contribution in [-0.4, -0.2) is 11.9 Å². The number of amides is 1. The number of carbonyl (C=O) groups is 1. The minimum atomic E-state index is -0.603. The Morgan fingerprint density at radius 1 is 1.06 bits per heavy atom. The number of carbonyl (C=O) groups excluding carboxylic acids is 1. The van der Waals surface area contributed by atoms with Gasteiger partial charge in [0, 0.05) is 6.04 Å². The fraction of sp³-hybridized carbons (Fsp3) is 0.310. The highest BCUT2D eigenvalue weighted by Gasteiger charge is 2.52. The van der Waals surface area contributed by atoms with E-state index in [0.717, 1.165) is 30.5 Å². The van der Waals surface area contributed by atoms with Crippen molar-refractivity contribution >= 4 is 22.4 Å². The molecule has 0 radical (unpaired) electrons. The topological polar surface area (TPSA) is 32.3 Å². The Labute approximate surface area is 191 Å². The molecule has 164 valence electrons. The van der Waals surface area contributed by atoms with Gasteiger partial charge in [-0.15, -0.1) is 5.73 Å². The number of hydrogen-bond donors (Lipinski definition) is 1. The Balaban J connectivity index is 1.78. The zero-order valence-electron chi connectivity index (χ0n) is 19.1. The molecule has 1 saturated heterocycles. The molecule has 3 heteroatoms. The van der Waals surface area contributed by atoms with Crippen molar-refractivity contribution in [1.82, 2.24) is 5.43 Å². The summed E-state index contributed by atoms with van der Waals surface area (Å²) in [4.78, 5) is 14.1. The second-order valence-electron chi connectivity index (χ2n) is 8.86. The van der Waals surface area contributed by atoms with E-state index in [1.54, 1.807) is 5.01 Å². The van der Waals surface area contributed by atoms with E-state index in [9.17, 15) is 4.79 Å². The van der Waals surface area contributed by atoms with E-state index in [1.165, 1.54) is 16.3 Å². The first-order valence-corrected chi connectivity index (χ1v) is 11.6. The van der Waals surface area contributed by atoms with Gasteiger partial charge in [-0.25, -0.2) is 10.4 Å². The average Bonchev–Trinajstić information content (AvgIpc) is 3.07. The first kappa shape index (κ1) is 22.1. The van der Waals surface area contributed by atoms with Crippen molar-refractivity contribution in [2.45, 2.75) is 52.0 Å². The number of fused-ring (bicyclic) bond motifs is 1. The minimum Gasteiger partial charge on any atom is -0.272 e. The van der Waals surface area contributed by atoms with E-state index < -0.39 is 5.41 Å². The fourth-order valence-electron chi connectivity index (χ4n) is 4.87. The van der Waals surface area contributed by atoms with Crippen LogP contribution in [0.1, 0.15) is 45.1 Å². The molecule has 0 aromatic heterocycles. The third kappa shape index (κ3) is 4.14. The molecule has 2 unspecified atom stereocenters. The molecule has 32 heavy (non-hydrogen) atoms. The van der Waals surface area contributed by atoms with Crippen LogP contribution in [0.4, 0.5) is 5.69 Å². The third-order valence-corrected chi connectivity index (χ3v) is 6.79. The maximum atomic E-state index is 14.1. The molecule has 2 atom stereocenters. The van der Waals surface area contributed by atoms with E-state index in [2.05, 4.69) is 74.0 Å². The number of anilines is 1. The number of hydrogen-bond acceptors (Lipinski definition) is 2. The second kappa shape index (κ2) is 9.56. The Hall–Kier alpha value is -3.13. The van der Waals surface area contributed by atoms with Gasteiger partial charge in [0.15, 0.2) is 0 Å². The Kier molecular flexibility index (Phi) is 6.60. The molecule has 3 nitrogen and oxygen atoms in total. The normalized spacial score (nSPS) is 20.5. The molecule has 1 aliphatic heterocycles. The fourth-order valence-corrected chi connectivity index (χ4v) is 4.87. The van der Waals surface area contributed by atoms with Crippen LogP contribution in [0.15, 0.2) is 90.7 Å². The quantitative estimate of drug-likeness (QED) is 0.413. The largest absolute Gasteiger partial charge is 0.272 e. The molecule has 1 aliphatic rings. The van der Waals surface area contributed by atoms with E-state index >= 15 is 0 Å². The summed E-state index contributed by atoms with van der Waals surface area (Å²) in [5.74, 6) is 0.119. The van der Waals surface area contributed by atoms with Crippen molar-refractivity contribution < 1.29 is 4.79 Å². The van der Waals surface area contributed by atoms with Crippen molar-refractivity contribution in [3.05, 3.63) is 96.2 Å². The van der Waals surface area contributed by atoms with Gasteiger partial charge in [-0.05, 0) is 66.6 Å². The monoisotopic (exact) mass is 424 g/mol. The summed E-state index contributed by atoms with van der Waals surface area (Å²) < 4.78 is 0. The molecule has 3 aromatic rings. The molecule has 4 rings (SSSR count). The highest BCUT2D eigenvalue weighted by atomic mass is 16.2. The van der Waals surface area contributed by atoms with Gasteiger partial charge in [0.1, 0.15) is 0 Å². The van der Waals surface area contributed by atoms with Crippen LogP contribution in [0.5, 0.6) is 0 Å². The molecule has 0 saturated carbocycles. The molecule has 0 aliphatic carbocycles. The smallest absolute Gasteiger partial charge is 0.249 e. The lowest BCUT2D eigenvalue weighted by atomic mass is 9.70. The van der Waals surface area contributed by atoms with Gasteiger partial charge in [0.2, 0.25) is 5.91 Å². The second-order valence-corrected chi connectivity index (χ2v) is 8.86. The van der Waals surface area contributed by atoms with Crippen LogP contribution in [0, 0.1) is 5.41 Å². The number of unbranched alkanes of at least 4 members (excludes halogenated alkanes) is 1. The summed E-state index contributed by atoms with van der Waals surface area (Å²) in [7, 11) is 0. The molecular weight excluding hydrogens is 392 g/mol. The summed E-state index contributed by atoms with van der Waals surface area (Å²) in [5.41, 5.74) is 9.29. The number of allylic oxidation sites excluding steroid dienone is 1. The lowest BCUT2D eigenvalue weighted by molar-refractivity contribution is -0.125. The van der Waals surface area contributed by atoms with Gasteiger partial charge < -0.3 is 0 Å². The van der Waals surface area contributed by atoms with Crippen molar-refractivity contribution in [2.24, 2.45) is 5.41 Å². The third-order valence-electron chi connectivity index (χ3n) is 6.79. The van der Waals surface area contributed by atoms with E-state index in [4.69, 9.17) is 0 Å². The number of benzene rings is 3. The summed E-state index contributed by atoms with van der Waals surface area (Å²) in [6.45, 7) is 8.28. The average molecular weight is 425 g/mol.